The van der Waals surface area contributed by atoms with E-state index in [1.54, 1.807) is 11.0 Å². The Hall–Kier alpha value is -1.84. The number of aromatic carboxylic acids is 1. The van der Waals surface area contributed by atoms with Gasteiger partial charge in [0.05, 0.1) is 16.7 Å². The molecule has 2 saturated carbocycles. The molecule has 1 aromatic heterocycles. The molecular weight excluding hydrogens is 398 g/mol. The normalized spacial score (nSPS) is 26.7. The highest BCUT2D eigenvalue weighted by Gasteiger charge is 2.38. The van der Waals surface area contributed by atoms with Crippen LogP contribution in [0.15, 0.2) is 6.07 Å². The quantitative estimate of drug-likeness (QED) is 0.664. The van der Waals surface area contributed by atoms with Crippen LogP contribution in [0.3, 0.4) is 0 Å². The highest BCUT2D eigenvalue weighted by molar-refractivity contribution is 7.15. The number of anilines is 1. The first-order chi connectivity index (χ1) is 14.0. The lowest BCUT2D eigenvalue weighted by atomic mass is 9.90. The van der Waals surface area contributed by atoms with Gasteiger partial charge in [-0.05, 0) is 77.7 Å². The van der Waals surface area contributed by atoms with Gasteiger partial charge in [-0.25, -0.2) is 4.79 Å². The molecule has 6 heteroatoms. The topological polar surface area (TPSA) is 77.8 Å². The van der Waals surface area contributed by atoms with Gasteiger partial charge < -0.3 is 15.1 Å². The summed E-state index contributed by atoms with van der Waals surface area (Å²) in [6, 6.07) is 1.71. The van der Waals surface area contributed by atoms with Gasteiger partial charge in [0.2, 0.25) is 5.91 Å². The molecule has 3 rings (SSSR count). The fourth-order valence-electron chi connectivity index (χ4n) is 4.46. The molecule has 1 amide bonds. The highest BCUT2D eigenvalue weighted by atomic mass is 32.1. The van der Waals surface area contributed by atoms with Gasteiger partial charge >= 0.3 is 5.97 Å². The third kappa shape index (κ3) is 5.44. The zero-order valence-electron chi connectivity index (χ0n) is 18.4. The van der Waals surface area contributed by atoms with E-state index in [4.69, 9.17) is 0 Å². The molecule has 0 saturated heterocycles. The number of carbonyl (C=O) groups is 2. The SMILES string of the molecule is CC1CCC(C(=O)N(c2cc(C#CC(C)(C)C)sc2C(=O)O)C2CCC(O)CC2)C1. The van der Waals surface area contributed by atoms with Gasteiger partial charge in [-0.15, -0.1) is 11.3 Å². The Morgan fingerprint density at radius 3 is 2.33 bits per heavy atom. The fourth-order valence-corrected chi connectivity index (χ4v) is 5.31. The highest BCUT2D eigenvalue weighted by Crippen LogP contribution is 2.39. The minimum absolute atomic E-state index is 0.0383. The summed E-state index contributed by atoms with van der Waals surface area (Å²) in [6.45, 7) is 8.20. The summed E-state index contributed by atoms with van der Waals surface area (Å²) in [4.78, 5) is 28.3. The van der Waals surface area contributed by atoms with E-state index in [2.05, 4.69) is 18.8 Å². The average molecular weight is 432 g/mol. The maximum atomic E-state index is 13.6. The predicted octanol–water partition coefficient (Wildman–Crippen LogP) is 4.92. The number of nitrogens with zero attached hydrogens (tertiary/aromatic N) is 1. The molecule has 0 radical (unpaired) electrons. The van der Waals surface area contributed by atoms with Crippen LogP contribution in [0, 0.1) is 29.1 Å². The summed E-state index contributed by atoms with van der Waals surface area (Å²) in [5.41, 5.74) is 0.291. The van der Waals surface area contributed by atoms with Gasteiger partial charge in [0.1, 0.15) is 4.88 Å². The molecule has 164 valence electrons. The van der Waals surface area contributed by atoms with Gasteiger partial charge in [0, 0.05) is 17.4 Å². The number of rotatable bonds is 4. The molecule has 1 heterocycles. The molecule has 5 nitrogen and oxygen atoms in total. The van der Waals surface area contributed by atoms with E-state index in [-0.39, 0.29) is 34.3 Å². The molecule has 2 aliphatic carbocycles. The van der Waals surface area contributed by atoms with E-state index < -0.39 is 5.97 Å². The van der Waals surface area contributed by atoms with Crippen LogP contribution < -0.4 is 4.90 Å². The second kappa shape index (κ2) is 9.11. The largest absolute Gasteiger partial charge is 0.477 e. The van der Waals surface area contributed by atoms with Gasteiger partial charge in [0.25, 0.3) is 0 Å². The van der Waals surface area contributed by atoms with E-state index in [0.29, 0.717) is 42.2 Å². The predicted molar refractivity (Wildman–Crippen MR) is 120 cm³/mol. The number of carbonyl (C=O) groups excluding carboxylic acids is 1. The summed E-state index contributed by atoms with van der Waals surface area (Å²) in [7, 11) is 0. The number of carboxylic acids is 1. The zero-order valence-corrected chi connectivity index (χ0v) is 19.2. The van der Waals surface area contributed by atoms with Gasteiger partial charge in [-0.3, -0.25) is 4.79 Å². The standard InChI is InChI=1S/C24H33NO4S/c1-15-5-6-16(13-15)22(27)25(17-7-9-18(26)10-8-17)20-14-19(11-12-24(2,3)4)30-21(20)23(28)29/h14-18,26H,5-10,13H2,1-4H3,(H,28,29). The molecule has 0 spiro atoms. The second-order valence-electron chi connectivity index (χ2n) is 9.92. The smallest absolute Gasteiger partial charge is 0.348 e. The first-order valence-electron chi connectivity index (χ1n) is 11.0. The van der Waals surface area contributed by atoms with Crippen LogP contribution in [-0.4, -0.2) is 34.2 Å². The lowest BCUT2D eigenvalue weighted by molar-refractivity contribution is -0.123. The minimum Gasteiger partial charge on any atom is -0.477 e. The Labute approximate surface area is 183 Å². The molecule has 2 N–H and O–H groups in total. The van der Waals surface area contributed by atoms with E-state index >= 15 is 0 Å². The van der Waals surface area contributed by atoms with Gasteiger partial charge in [0.15, 0.2) is 0 Å². The van der Waals surface area contributed by atoms with Gasteiger partial charge in [-0.2, -0.15) is 0 Å². The van der Waals surface area contributed by atoms with Crippen molar-refractivity contribution in [2.45, 2.75) is 84.8 Å². The lowest BCUT2D eigenvalue weighted by Gasteiger charge is -2.37. The molecule has 0 bridgehead atoms. The third-order valence-electron chi connectivity index (χ3n) is 6.04. The van der Waals surface area contributed by atoms with Crippen LogP contribution in [-0.2, 0) is 4.79 Å². The van der Waals surface area contributed by atoms with Crippen LogP contribution in [0.5, 0.6) is 0 Å². The molecule has 0 aromatic carbocycles. The molecule has 1 aromatic rings. The molecule has 2 atom stereocenters. The summed E-state index contributed by atoms with van der Waals surface area (Å²) in [6.07, 6.45) is 5.06. The van der Waals surface area contributed by atoms with Crippen LogP contribution >= 0.6 is 11.3 Å². The van der Waals surface area contributed by atoms with E-state index in [1.165, 1.54) is 0 Å². The second-order valence-corrected chi connectivity index (χ2v) is 11.0. The van der Waals surface area contributed by atoms with Crippen molar-refractivity contribution in [1.82, 2.24) is 0 Å². The number of thiophene rings is 1. The first kappa shape index (κ1) is 22.8. The number of amides is 1. The van der Waals surface area contributed by atoms with E-state index in [1.807, 2.05) is 20.8 Å². The van der Waals surface area contributed by atoms with Crippen molar-refractivity contribution < 1.29 is 19.8 Å². The Balaban J connectivity index is 2.01. The van der Waals surface area contributed by atoms with Crippen molar-refractivity contribution in [1.29, 1.82) is 0 Å². The van der Waals surface area contributed by atoms with E-state index in [0.717, 1.165) is 30.6 Å². The lowest BCUT2D eigenvalue weighted by Crippen LogP contribution is -2.46. The Bertz CT molecular complexity index is 849. The first-order valence-corrected chi connectivity index (χ1v) is 11.8. The van der Waals surface area contributed by atoms with Crippen LogP contribution in [0.2, 0.25) is 0 Å². The molecule has 2 fully saturated rings. The Morgan fingerprint density at radius 2 is 1.80 bits per heavy atom. The van der Waals surface area contributed by atoms with Crippen molar-refractivity contribution >= 4 is 28.9 Å². The monoisotopic (exact) mass is 431 g/mol. The molecule has 2 unspecified atom stereocenters. The summed E-state index contributed by atoms with van der Waals surface area (Å²) < 4.78 is 0. The van der Waals surface area contributed by atoms with Crippen LogP contribution in [0.1, 0.15) is 87.2 Å². The third-order valence-corrected chi connectivity index (χ3v) is 7.07. The fraction of sp³-hybridized carbons (Fsp3) is 0.667. The van der Waals surface area contributed by atoms with Crippen molar-refractivity contribution in [2.24, 2.45) is 17.3 Å². The summed E-state index contributed by atoms with van der Waals surface area (Å²) >= 11 is 1.15. The Morgan fingerprint density at radius 1 is 1.13 bits per heavy atom. The number of hydrogen-bond donors (Lipinski definition) is 2. The molecule has 2 aliphatic rings. The van der Waals surface area contributed by atoms with Crippen LogP contribution in [0.25, 0.3) is 0 Å². The zero-order chi connectivity index (χ0) is 22.1. The maximum Gasteiger partial charge on any atom is 0.348 e. The minimum atomic E-state index is -1.02. The maximum absolute atomic E-state index is 13.6. The van der Waals surface area contributed by atoms with Crippen molar-refractivity contribution in [3.05, 3.63) is 15.8 Å². The number of carboxylic acid groups (broad SMARTS) is 1. The molecule has 30 heavy (non-hydrogen) atoms. The molecular formula is C24H33NO4S. The van der Waals surface area contributed by atoms with E-state index in [9.17, 15) is 19.8 Å². The van der Waals surface area contributed by atoms with Gasteiger partial charge in [-0.1, -0.05) is 18.8 Å². The van der Waals surface area contributed by atoms with Crippen molar-refractivity contribution in [2.75, 3.05) is 4.90 Å². The number of aliphatic hydroxyl groups is 1. The average Bonchev–Trinajstić information content (AvgIpc) is 3.28. The van der Waals surface area contributed by atoms with Crippen molar-refractivity contribution in [3.63, 3.8) is 0 Å². The number of hydrogen-bond acceptors (Lipinski definition) is 4. The van der Waals surface area contributed by atoms with Crippen molar-refractivity contribution in [3.8, 4) is 11.8 Å². The summed E-state index contributed by atoms with van der Waals surface area (Å²) in [5.74, 6) is 5.75. The molecule has 0 aliphatic heterocycles. The van der Waals surface area contributed by atoms with Crippen LogP contribution in [0.4, 0.5) is 5.69 Å². The summed E-state index contributed by atoms with van der Waals surface area (Å²) in [5, 5.41) is 19.8. The Kier molecular flexibility index (Phi) is 6.94. The number of aliphatic hydroxyl groups excluding tert-OH is 1.